The third-order valence-corrected chi connectivity index (χ3v) is 2.42. The number of rotatable bonds is 2. The number of esters is 1. The third kappa shape index (κ3) is 2.08. The maximum absolute atomic E-state index is 11.3. The monoisotopic (exact) mass is 250 g/mol. The standard InChI is InChI=1S/C8H8Cl2N2O3/c1-14-6-4(11)3(9)7(10)12-5(6)8(13)15-2/h1-2H3,(H2,11,12). The van der Waals surface area contributed by atoms with Gasteiger partial charge >= 0.3 is 5.97 Å². The van der Waals surface area contributed by atoms with Crippen LogP contribution in [0.3, 0.4) is 0 Å². The molecule has 2 N–H and O–H groups in total. The van der Waals surface area contributed by atoms with Crippen molar-refractivity contribution in [3.05, 3.63) is 15.9 Å². The lowest BCUT2D eigenvalue weighted by Crippen LogP contribution is -2.09. The van der Waals surface area contributed by atoms with Crippen molar-refractivity contribution in [2.24, 2.45) is 0 Å². The average Bonchev–Trinajstić information content (AvgIpc) is 2.24. The van der Waals surface area contributed by atoms with Crippen molar-refractivity contribution < 1.29 is 14.3 Å². The summed E-state index contributed by atoms with van der Waals surface area (Å²) in [7, 11) is 2.55. The zero-order valence-electron chi connectivity index (χ0n) is 8.01. The lowest BCUT2D eigenvalue weighted by atomic mass is 10.3. The number of hydrogen-bond acceptors (Lipinski definition) is 5. The largest absolute Gasteiger partial charge is 0.492 e. The summed E-state index contributed by atoms with van der Waals surface area (Å²) in [6, 6.07) is 0. The molecule has 7 heteroatoms. The van der Waals surface area contributed by atoms with Gasteiger partial charge in [0.1, 0.15) is 5.02 Å². The molecule has 0 aliphatic carbocycles. The first-order valence-electron chi connectivity index (χ1n) is 3.79. The Balaban J connectivity index is 3.45. The number of hydrogen-bond donors (Lipinski definition) is 1. The van der Waals surface area contributed by atoms with E-state index in [1.54, 1.807) is 0 Å². The van der Waals surface area contributed by atoms with Gasteiger partial charge in [0.05, 0.1) is 19.9 Å². The molecule has 0 aliphatic rings. The molecule has 1 aromatic rings. The summed E-state index contributed by atoms with van der Waals surface area (Å²) in [5, 5.41) is -0.0310. The molecule has 1 rings (SSSR count). The summed E-state index contributed by atoms with van der Waals surface area (Å²) in [4.78, 5) is 15.0. The number of nitrogen functional groups attached to an aromatic ring is 1. The minimum Gasteiger partial charge on any atom is -0.492 e. The first kappa shape index (κ1) is 11.9. The Morgan fingerprint density at radius 3 is 2.47 bits per heavy atom. The van der Waals surface area contributed by atoms with Crippen LogP contribution >= 0.6 is 23.2 Å². The van der Waals surface area contributed by atoms with Crippen LogP contribution < -0.4 is 10.5 Å². The van der Waals surface area contributed by atoms with Crippen molar-refractivity contribution in [1.29, 1.82) is 0 Å². The Kier molecular flexibility index (Phi) is 3.60. The van der Waals surface area contributed by atoms with E-state index in [-0.39, 0.29) is 27.3 Å². The van der Waals surface area contributed by atoms with Crippen LogP contribution in [0, 0.1) is 0 Å². The molecule has 5 nitrogen and oxygen atoms in total. The zero-order chi connectivity index (χ0) is 11.6. The summed E-state index contributed by atoms with van der Waals surface area (Å²) in [5.74, 6) is -0.645. The van der Waals surface area contributed by atoms with Gasteiger partial charge in [-0.15, -0.1) is 0 Å². The van der Waals surface area contributed by atoms with E-state index in [1.807, 2.05) is 0 Å². The second kappa shape index (κ2) is 4.55. The second-order valence-electron chi connectivity index (χ2n) is 2.50. The molecule has 0 unspecified atom stereocenters. The highest BCUT2D eigenvalue weighted by Gasteiger charge is 2.22. The van der Waals surface area contributed by atoms with Crippen molar-refractivity contribution >= 4 is 34.9 Å². The SMILES string of the molecule is COC(=O)c1nc(Cl)c(Cl)c(N)c1OC. The van der Waals surface area contributed by atoms with Crippen LogP contribution in [0.2, 0.25) is 10.2 Å². The highest BCUT2D eigenvalue weighted by atomic mass is 35.5. The Labute approximate surface area is 96.1 Å². The highest BCUT2D eigenvalue weighted by molar-refractivity contribution is 6.43. The van der Waals surface area contributed by atoms with Crippen molar-refractivity contribution in [1.82, 2.24) is 4.98 Å². The minimum atomic E-state index is -0.697. The number of halogens is 2. The molecular formula is C8H8Cl2N2O3. The smallest absolute Gasteiger partial charge is 0.360 e. The molecular weight excluding hydrogens is 243 g/mol. The number of nitrogens with two attached hydrogens (primary N) is 1. The predicted molar refractivity (Wildman–Crippen MR) is 56.6 cm³/mol. The highest BCUT2D eigenvalue weighted by Crippen LogP contribution is 2.36. The van der Waals surface area contributed by atoms with Crippen molar-refractivity contribution in [3.8, 4) is 5.75 Å². The van der Waals surface area contributed by atoms with Crippen molar-refractivity contribution in [3.63, 3.8) is 0 Å². The molecule has 0 saturated heterocycles. The van der Waals surface area contributed by atoms with Crippen LogP contribution in [0.4, 0.5) is 5.69 Å². The van der Waals surface area contributed by atoms with E-state index in [2.05, 4.69) is 9.72 Å². The van der Waals surface area contributed by atoms with Gasteiger partial charge in [0.25, 0.3) is 0 Å². The number of ether oxygens (including phenoxy) is 2. The van der Waals surface area contributed by atoms with Crippen LogP contribution in [0.15, 0.2) is 0 Å². The van der Waals surface area contributed by atoms with Gasteiger partial charge in [-0.3, -0.25) is 0 Å². The van der Waals surface area contributed by atoms with Crippen LogP contribution in [-0.4, -0.2) is 25.2 Å². The maximum atomic E-state index is 11.3. The van der Waals surface area contributed by atoms with E-state index in [9.17, 15) is 4.79 Å². The van der Waals surface area contributed by atoms with E-state index in [1.165, 1.54) is 14.2 Å². The van der Waals surface area contributed by atoms with E-state index < -0.39 is 5.97 Å². The number of pyridine rings is 1. The van der Waals surface area contributed by atoms with E-state index in [0.717, 1.165) is 0 Å². The second-order valence-corrected chi connectivity index (χ2v) is 3.24. The van der Waals surface area contributed by atoms with E-state index >= 15 is 0 Å². The fraction of sp³-hybridized carbons (Fsp3) is 0.250. The van der Waals surface area contributed by atoms with E-state index in [4.69, 9.17) is 33.7 Å². The number of carbonyl (C=O) groups is 1. The molecule has 0 radical (unpaired) electrons. The van der Waals surface area contributed by atoms with Crippen molar-refractivity contribution in [2.75, 3.05) is 20.0 Å². The van der Waals surface area contributed by atoms with Crippen LogP contribution in [0.5, 0.6) is 5.75 Å². The van der Waals surface area contributed by atoms with Crippen LogP contribution in [0.25, 0.3) is 0 Å². The Morgan fingerprint density at radius 2 is 2.00 bits per heavy atom. The molecule has 0 bridgehead atoms. The number of anilines is 1. The van der Waals surface area contributed by atoms with Gasteiger partial charge in [-0.1, -0.05) is 23.2 Å². The van der Waals surface area contributed by atoms with Gasteiger partial charge in [-0.25, -0.2) is 9.78 Å². The van der Waals surface area contributed by atoms with Gasteiger partial charge < -0.3 is 15.2 Å². The summed E-state index contributed by atoms with van der Waals surface area (Å²) in [6.45, 7) is 0. The number of aromatic nitrogens is 1. The first-order valence-corrected chi connectivity index (χ1v) is 4.55. The summed E-state index contributed by atoms with van der Waals surface area (Å²) in [5.41, 5.74) is 5.55. The van der Waals surface area contributed by atoms with Gasteiger partial charge in [-0.05, 0) is 0 Å². The van der Waals surface area contributed by atoms with Crippen LogP contribution in [-0.2, 0) is 4.74 Å². The Bertz CT molecular complexity index is 409. The molecule has 0 aromatic carbocycles. The van der Waals surface area contributed by atoms with Gasteiger partial charge in [0.2, 0.25) is 0 Å². The third-order valence-electron chi connectivity index (χ3n) is 1.67. The molecule has 0 atom stereocenters. The Hall–Kier alpha value is -1.20. The van der Waals surface area contributed by atoms with Crippen molar-refractivity contribution in [2.45, 2.75) is 0 Å². The fourth-order valence-corrected chi connectivity index (χ4v) is 1.29. The normalized spacial score (nSPS) is 9.87. The molecule has 0 spiro atoms. The Morgan fingerprint density at radius 1 is 1.40 bits per heavy atom. The van der Waals surface area contributed by atoms with Gasteiger partial charge in [0.15, 0.2) is 16.6 Å². The quantitative estimate of drug-likeness (QED) is 0.640. The molecule has 1 aromatic heterocycles. The molecule has 15 heavy (non-hydrogen) atoms. The number of methoxy groups -OCH3 is 2. The molecule has 0 saturated carbocycles. The zero-order valence-corrected chi connectivity index (χ0v) is 9.52. The molecule has 82 valence electrons. The molecule has 1 heterocycles. The average molecular weight is 251 g/mol. The summed E-state index contributed by atoms with van der Waals surface area (Å²) >= 11 is 11.4. The lowest BCUT2D eigenvalue weighted by Gasteiger charge is -2.10. The van der Waals surface area contributed by atoms with Crippen LogP contribution in [0.1, 0.15) is 10.5 Å². The predicted octanol–water partition coefficient (Wildman–Crippen LogP) is 1.77. The maximum Gasteiger partial charge on any atom is 0.360 e. The lowest BCUT2D eigenvalue weighted by molar-refractivity contribution is 0.0590. The molecule has 0 fully saturated rings. The summed E-state index contributed by atoms with van der Waals surface area (Å²) in [6.07, 6.45) is 0. The number of carbonyl (C=O) groups excluding carboxylic acids is 1. The minimum absolute atomic E-state index is 0.0427. The molecule has 0 aliphatic heterocycles. The van der Waals surface area contributed by atoms with Gasteiger partial charge in [-0.2, -0.15) is 0 Å². The molecule has 0 amide bonds. The number of nitrogens with zero attached hydrogens (tertiary/aromatic N) is 1. The first-order chi connectivity index (χ1) is 7.02. The fourth-order valence-electron chi connectivity index (χ4n) is 0.978. The van der Waals surface area contributed by atoms with Gasteiger partial charge in [0, 0.05) is 0 Å². The topological polar surface area (TPSA) is 74.4 Å². The summed E-state index contributed by atoms with van der Waals surface area (Å²) < 4.78 is 9.39. The van der Waals surface area contributed by atoms with E-state index in [0.29, 0.717) is 0 Å².